The smallest absolute Gasteiger partial charge is 0.120 e. The molecule has 0 fully saturated rings. The van der Waals surface area contributed by atoms with Gasteiger partial charge in [-0.25, -0.2) is 0 Å². The summed E-state index contributed by atoms with van der Waals surface area (Å²) in [5.74, 6) is 0.728. The van der Waals surface area contributed by atoms with E-state index in [0.717, 1.165) is 11.4 Å². The molecule has 0 N–H and O–H groups in total. The molecule has 0 heterocycles. The number of nitriles is 1. The Hall–Kier alpha value is -1.40. The van der Waals surface area contributed by atoms with Crippen LogP contribution in [-0.2, 0) is 0 Å². The van der Waals surface area contributed by atoms with E-state index in [1.807, 2.05) is 37.9 Å². The second-order valence-corrected chi connectivity index (χ2v) is 5.08. The van der Waals surface area contributed by atoms with Gasteiger partial charge >= 0.3 is 0 Å². The van der Waals surface area contributed by atoms with Crippen molar-refractivity contribution in [2.24, 2.45) is 5.41 Å². The van der Waals surface area contributed by atoms with Gasteiger partial charge in [0.25, 0.3) is 0 Å². The fourth-order valence-electron chi connectivity index (χ4n) is 1.64. The summed E-state index contributed by atoms with van der Waals surface area (Å²) in [6, 6.07) is 7.80. The largest absolute Gasteiger partial charge is 0.497 e. The number of benzene rings is 1. The summed E-state index contributed by atoms with van der Waals surface area (Å²) < 4.78 is 5.10. The summed E-state index contributed by atoms with van der Waals surface area (Å²) in [6.45, 7) is 4.43. The van der Waals surface area contributed by atoms with Gasteiger partial charge in [0.15, 0.2) is 0 Å². The van der Waals surface area contributed by atoms with E-state index >= 15 is 0 Å². The molecular weight excluding hydrogens is 236 g/mol. The van der Waals surface area contributed by atoms with E-state index in [9.17, 15) is 0 Å². The van der Waals surface area contributed by atoms with Crippen molar-refractivity contribution in [3.8, 4) is 11.8 Å². The SMILES string of the molecule is COc1ccc(N(C)CC(C)(C)C#N)c(Cl)c1. The third-order valence-electron chi connectivity index (χ3n) is 2.50. The Morgan fingerprint density at radius 1 is 1.47 bits per heavy atom. The van der Waals surface area contributed by atoms with Gasteiger partial charge in [-0.1, -0.05) is 11.6 Å². The first-order valence-electron chi connectivity index (χ1n) is 5.35. The summed E-state index contributed by atoms with van der Waals surface area (Å²) in [4.78, 5) is 1.98. The first-order chi connectivity index (χ1) is 7.89. The van der Waals surface area contributed by atoms with Gasteiger partial charge in [0.05, 0.1) is 29.3 Å². The van der Waals surface area contributed by atoms with Crippen molar-refractivity contribution < 1.29 is 4.74 Å². The third kappa shape index (κ3) is 3.54. The molecule has 0 aliphatic carbocycles. The molecule has 0 amide bonds. The molecule has 0 spiro atoms. The zero-order valence-corrected chi connectivity index (χ0v) is 11.4. The topological polar surface area (TPSA) is 36.3 Å². The van der Waals surface area contributed by atoms with Crippen LogP contribution >= 0.6 is 11.6 Å². The molecule has 0 bridgehead atoms. The van der Waals surface area contributed by atoms with Crippen LogP contribution in [0.3, 0.4) is 0 Å². The maximum Gasteiger partial charge on any atom is 0.120 e. The van der Waals surface area contributed by atoms with Crippen molar-refractivity contribution in [3.05, 3.63) is 23.2 Å². The van der Waals surface area contributed by atoms with E-state index in [-0.39, 0.29) is 0 Å². The minimum absolute atomic E-state index is 0.405. The van der Waals surface area contributed by atoms with Gasteiger partial charge < -0.3 is 9.64 Å². The minimum atomic E-state index is -0.405. The van der Waals surface area contributed by atoms with E-state index in [2.05, 4.69) is 6.07 Å². The summed E-state index contributed by atoms with van der Waals surface area (Å²) in [7, 11) is 3.53. The Labute approximate surface area is 108 Å². The number of ether oxygens (including phenoxy) is 1. The predicted molar refractivity (Wildman–Crippen MR) is 70.7 cm³/mol. The lowest BCUT2D eigenvalue weighted by molar-refractivity contribution is 0.415. The summed E-state index contributed by atoms with van der Waals surface area (Å²) >= 11 is 6.17. The fourth-order valence-corrected chi connectivity index (χ4v) is 1.95. The Balaban J connectivity index is 2.90. The molecule has 0 aliphatic heterocycles. The highest BCUT2D eigenvalue weighted by Gasteiger charge is 2.20. The number of rotatable bonds is 4. The normalized spacial score (nSPS) is 10.8. The van der Waals surface area contributed by atoms with Crippen LogP contribution in [0.4, 0.5) is 5.69 Å². The molecule has 17 heavy (non-hydrogen) atoms. The molecule has 0 aromatic heterocycles. The molecule has 4 heteroatoms. The standard InChI is InChI=1S/C13H17ClN2O/c1-13(2,8-15)9-16(3)12-6-5-10(17-4)7-11(12)14/h5-7H,9H2,1-4H3. The molecule has 0 radical (unpaired) electrons. The van der Waals surface area contributed by atoms with Crippen LogP contribution in [0.25, 0.3) is 0 Å². The quantitative estimate of drug-likeness (QED) is 0.825. The van der Waals surface area contributed by atoms with Crippen molar-refractivity contribution in [2.45, 2.75) is 13.8 Å². The van der Waals surface area contributed by atoms with Crippen molar-refractivity contribution >= 4 is 17.3 Å². The van der Waals surface area contributed by atoms with Crippen LogP contribution in [0, 0.1) is 16.7 Å². The van der Waals surface area contributed by atoms with Crippen molar-refractivity contribution in [1.29, 1.82) is 5.26 Å². The van der Waals surface area contributed by atoms with E-state index in [4.69, 9.17) is 21.6 Å². The zero-order valence-electron chi connectivity index (χ0n) is 10.6. The Kier molecular flexibility index (Phi) is 4.25. The number of hydrogen-bond donors (Lipinski definition) is 0. The number of hydrogen-bond acceptors (Lipinski definition) is 3. The van der Waals surface area contributed by atoms with Crippen LogP contribution in [0.2, 0.25) is 5.02 Å². The number of nitrogens with zero attached hydrogens (tertiary/aromatic N) is 2. The zero-order chi connectivity index (χ0) is 13.1. The van der Waals surface area contributed by atoms with Crippen molar-refractivity contribution in [2.75, 3.05) is 25.6 Å². The van der Waals surface area contributed by atoms with Crippen LogP contribution in [0.15, 0.2) is 18.2 Å². The Morgan fingerprint density at radius 3 is 2.59 bits per heavy atom. The fraction of sp³-hybridized carbons (Fsp3) is 0.462. The van der Waals surface area contributed by atoms with Gasteiger partial charge in [-0.2, -0.15) is 5.26 Å². The van der Waals surface area contributed by atoms with Gasteiger partial charge in [-0.05, 0) is 26.0 Å². The molecule has 0 unspecified atom stereocenters. The Bertz CT molecular complexity index is 438. The van der Waals surface area contributed by atoms with Crippen molar-refractivity contribution in [1.82, 2.24) is 0 Å². The summed E-state index contributed by atoms with van der Waals surface area (Å²) in [5.41, 5.74) is 0.494. The highest BCUT2D eigenvalue weighted by Crippen LogP contribution is 2.30. The molecule has 0 aliphatic rings. The van der Waals surface area contributed by atoms with Gasteiger partial charge in [0.2, 0.25) is 0 Å². The first kappa shape index (κ1) is 13.7. The number of anilines is 1. The monoisotopic (exact) mass is 252 g/mol. The van der Waals surface area contributed by atoms with Crippen LogP contribution in [0.1, 0.15) is 13.8 Å². The second kappa shape index (κ2) is 5.29. The maximum atomic E-state index is 9.01. The molecule has 1 aromatic rings. The Morgan fingerprint density at radius 2 is 2.12 bits per heavy atom. The van der Waals surface area contributed by atoms with Gasteiger partial charge in [-0.3, -0.25) is 0 Å². The average Bonchev–Trinajstić information content (AvgIpc) is 2.28. The molecule has 92 valence electrons. The molecule has 0 atom stereocenters. The van der Waals surface area contributed by atoms with E-state index in [1.165, 1.54) is 0 Å². The van der Waals surface area contributed by atoms with E-state index < -0.39 is 5.41 Å². The highest BCUT2D eigenvalue weighted by atomic mass is 35.5. The predicted octanol–water partition coefficient (Wildman–Crippen LogP) is 3.33. The lowest BCUT2D eigenvalue weighted by Gasteiger charge is -2.27. The molecule has 1 aromatic carbocycles. The van der Waals surface area contributed by atoms with E-state index in [1.54, 1.807) is 13.2 Å². The molecule has 3 nitrogen and oxygen atoms in total. The molecule has 0 saturated heterocycles. The molecule has 0 saturated carbocycles. The van der Waals surface area contributed by atoms with Crippen LogP contribution in [0.5, 0.6) is 5.75 Å². The molecular formula is C13H17ClN2O. The molecule has 1 rings (SSSR count). The maximum absolute atomic E-state index is 9.01. The third-order valence-corrected chi connectivity index (χ3v) is 2.80. The van der Waals surface area contributed by atoms with Gasteiger partial charge in [-0.15, -0.1) is 0 Å². The summed E-state index contributed by atoms with van der Waals surface area (Å²) in [5, 5.41) is 9.64. The lowest BCUT2D eigenvalue weighted by atomic mass is 9.95. The van der Waals surface area contributed by atoms with Crippen molar-refractivity contribution in [3.63, 3.8) is 0 Å². The summed E-state index contributed by atoms with van der Waals surface area (Å²) in [6.07, 6.45) is 0. The highest BCUT2D eigenvalue weighted by molar-refractivity contribution is 6.33. The minimum Gasteiger partial charge on any atom is -0.497 e. The van der Waals surface area contributed by atoms with Gasteiger partial charge in [0, 0.05) is 19.7 Å². The van der Waals surface area contributed by atoms with Crippen LogP contribution < -0.4 is 9.64 Å². The lowest BCUT2D eigenvalue weighted by Crippen LogP contribution is -2.30. The number of halogens is 1. The van der Waals surface area contributed by atoms with E-state index in [0.29, 0.717) is 11.6 Å². The second-order valence-electron chi connectivity index (χ2n) is 4.67. The van der Waals surface area contributed by atoms with Gasteiger partial charge in [0.1, 0.15) is 5.75 Å². The first-order valence-corrected chi connectivity index (χ1v) is 5.73. The number of methoxy groups -OCH3 is 1. The van der Waals surface area contributed by atoms with Crippen LogP contribution in [-0.4, -0.2) is 20.7 Å². The average molecular weight is 253 g/mol.